The van der Waals surface area contributed by atoms with E-state index in [2.05, 4.69) is 26.5 Å². The number of hydrazone groups is 1. The van der Waals surface area contributed by atoms with Crippen LogP contribution in [-0.2, 0) is 9.53 Å². The zero-order valence-electron chi connectivity index (χ0n) is 16.1. The van der Waals surface area contributed by atoms with Gasteiger partial charge in [0.15, 0.2) is 5.11 Å². The first-order valence-electron chi connectivity index (χ1n) is 9.14. The van der Waals surface area contributed by atoms with Gasteiger partial charge in [0.05, 0.1) is 29.2 Å². The summed E-state index contributed by atoms with van der Waals surface area (Å²) in [7, 11) is 1.42. The Hall–Kier alpha value is -1.97. The van der Waals surface area contributed by atoms with Crippen LogP contribution in [0.5, 0.6) is 5.75 Å². The number of nitrogens with zero attached hydrogens (tertiary/aromatic N) is 2. The molecule has 1 aromatic heterocycles. The van der Waals surface area contributed by atoms with Crippen molar-refractivity contribution in [2.75, 3.05) is 20.2 Å². The lowest BCUT2D eigenvalue weighted by Crippen LogP contribution is -2.44. The maximum Gasteiger partial charge on any atom is 0.308 e. The summed E-state index contributed by atoms with van der Waals surface area (Å²) < 4.78 is 5.80. The minimum Gasteiger partial charge on any atom is -0.506 e. The summed E-state index contributed by atoms with van der Waals surface area (Å²) in [6.07, 6.45) is 1.41. The third kappa shape index (κ3) is 5.15. The fourth-order valence-corrected chi connectivity index (χ4v) is 4.67. The van der Waals surface area contributed by atoms with Crippen molar-refractivity contribution in [1.82, 2.24) is 10.3 Å². The highest BCUT2D eigenvalue weighted by Crippen LogP contribution is 2.39. The zero-order chi connectivity index (χ0) is 21.0. The SMILES string of the molecule is COC(=O)C1CCN(C(=S)NN=C(C)c2csc(-c3ccc(Br)cc3)c2O)CC1. The molecule has 0 saturated carbocycles. The van der Waals surface area contributed by atoms with Gasteiger partial charge in [-0.1, -0.05) is 28.1 Å². The summed E-state index contributed by atoms with van der Waals surface area (Å²) in [6, 6.07) is 7.80. The molecule has 2 heterocycles. The molecule has 1 aliphatic rings. The largest absolute Gasteiger partial charge is 0.506 e. The van der Waals surface area contributed by atoms with Crippen LogP contribution in [0.15, 0.2) is 39.2 Å². The van der Waals surface area contributed by atoms with Gasteiger partial charge in [-0.05, 0) is 49.7 Å². The Morgan fingerprint density at radius 2 is 2.00 bits per heavy atom. The Balaban J connectivity index is 1.62. The Kier molecular flexibility index (Phi) is 7.26. The Bertz CT molecular complexity index is 920. The van der Waals surface area contributed by atoms with Crippen molar-refractivity contribution in [1.29, 1.82) is 0 Å². The van der Waals surface area contributed by atoms with Crippen LogP contribution in [0.2, 0.25) is 0 Å². The fourth-order valence-electron chi connectivity index (χ4n) is 3.16. The average molecular weight is 496 g/mol. The predicted octanol–water partition coefficient (Wildman–Crippen LogP) is 4.37. The highest BCUT2D eigenvalue weighted by atomic mass is 79.9. The van der Waals surface area contributed by atoms with E-state index in [-0.39, 0.29) is 17.6 Å². The molecule has 1 saturated heterocycles. The normalized spacial score (nSPS) is 15.3. The minimum atomic E-state index is -0.160. The molecule has 6 nitrogen and oxygen atoms in total. The lowest BCUT2D eigenvalue weighted by Gasteiger charge is -2.31. The van der Waals surface area contributed by atoms with Gasteiger partial charge in [0, 0.05) is 22.9 Å². The number of nitrogens with one attached hydrogen (secondary N) is 1. The molecule has 0 atom stereocenters. The van der Waals surface area contributed by atoms with Gasteiger partial charge in [0.25, 0.3) is 0 Å². The summed E-state index contributed by atoms with van der Waals surface area (Å²) in [5.41, 5.74) is 5.18. The van der Waals surface area contributed by atoms with E-state index < -0.39 is 0 Å². The molecule has 1 aromatic carbocycles. The molecule has 0 unspecified atom stereocenters. The average Bonchev–Trinajstić information content (AvgIpc) is 3.13. The molecule has 1 fully saturated rings. The van der Waals surface area contributed by atoms with Gasteiger partial charge >= 0.3 is 5.97 Å². The van der Waals surface area contributed by atoms with Gasteiger partial charge in [-0.15, -0.1) is 11.3 Å². The number of halogens is 1. The van der Waals surface area contributed by atoms with Crippen molar-refractivity contribution in [3.05, 3.63) is 39.7 Å². The van der Waals surface area contributed by atoms with Crippen molar-refractivity contribution in [3.63, 3.8) is 0 Å². The van der Waals surface area contributed by atoms with E-state index in [0.717, 1.165) is 14.9 Å². The first kappa shape index (κ1) is 21.7. The smallest absolute Gasteiger partial charge is 0.308 e. The number of piperidine rings is 1. The second-order valence-electron chi connectivity index (χ2n) is 6.73. The van der Waals surface area contributed by atoms with Gasteiger partial charge in [0.1, 0.15) is 5.75 Å². The predicted molar refractivity (Wildman–Crippen MR) is 123 cm³/mol. The van der Waals surface area contributed by atoms with Crippen LogP contribution in [0.25, 0.3) is 10.4 Å². The number of benzene rings is 1. The van der Waals surface area contributed by atoms with Gasteiger partial charge in [0.2, 0.25) is 0 Å². The molecule has 0 spiro atoms. The lowest BCUT2D eigenvalue weighted by atomic mass is 9.97. The van der Waals surface area contributed by atoms with E-state index in [1.54, 1.807) is 0 Å². The van der Waals surface area contributed by atoms with Crippen LogP contribution in [0.4, 0.5) is 0 Å². The monoisotopic (exact) mass is 495 g/mol. The molecular formula is C20H22BrN3O3S2. The molecule has 9 heteroatoms. The standard InChI is InChI=1S/C20H22BrN3O3S2/c1-12(16-11-29-18(17(16)25)13-3-5-15(21)6-4-13)22-23-20(28)24-9-7-14(8-10-24)19(26)27-2/h3-6,11,14,25H,7-10H2,1-2H3,(H,23,28). The Morgan fingerprint density at radius 1 is 1.34 bits per heavy atom. The van der Waals surface area contributed by atoms with Crippen molar-refractivity contribution in [2.45, 2.75) is 19.8 Å². The van der Waals surface area contributed by atoms with E-state index >= 15 is 0 Å². The summed E-state index contributed by atoms with van der Waals surface area (Å²) in [4.78, 5) is 14.4. The van der Waals surface area contributed by atoms with Crippen LogP contribution < -0.4 is 5.43 Å². The summed E-state index contributed by atoms with van der Waals surface area (Å²) in [5, 5.41) is 17.4. The topological polar surface area (TPSA) is 74.2 Å². The number of hydrogen-bond acceptors (Lipinski definition) is 6. The fraction of sp³-hybridized carbons (Fsp3) is 0.350. The number of carbonyl (C=O) groups is 1. The van der Waals surface area contributed by atoms with E-state index in [4.69, 9.17) is 17.0 Å². The molecule has 0 radical (unpaired) electrons. The highest BCUT2D eigenvalue weighted by Gasteiger charge is 2.26. The number of aromatic hydroxyl groups is 1. The third-order valence-corrected chi connectivity index (χ3v) is 6.79. The number of esters is 1. The van der Waals surface area contributed by atoms with E-state index in [1.165, 1.54) is 18.4 Å². The van der Waals surface area contributed by atoms with Crippen LogP contribution in [-0.4, -0.2) is 47.0 Å². The van der Waals surface area contributed by atoms with Gasteiger partial charge < -0.3 is 14.7 Å². The summed E-state index contributed by atoms with van der Waals surface area (Å²) in [5.74, 6) is -0.0128. The maximum atomic E-state index is 11.6. The summed E-state index contributed by atoms with van der Waals surface area (Å²) >= 11 is 10.3. The molecular weight excluding hydrogens is 474 g/mol. The molecule has 3 rings (SSSR count). The number of likely N-dealkylation sites (tertiary alicyclic amines) is 1. The number of hydrogen-bond donors (Lipinski definition) is 2. The number of methoxy groups -OCH3 is 1. The number of thiophene rings is 1. The van der Waals surface area contributed by atoms with Crippen molar-refractivity contribution in [2.24, 2.45) is 11.0 Å². The molecule has 0 amide bonds. The van der Waals surface area contributed by atoms with Crippen molar-refractivity contribution < 1.29 is 14.6 Å². The van der Waals surface area contributed by atoms with E-state index in [1.807, 2.05) is 41.5 Å². The summed E-state index contributed by atoms with van der Waals surface area (Å²) in [6.45, 7) is 3.18. The van der Waals surface area contributed by atoms with Crippen LogP contribution in [0, 0.1) is 5.92 Å². The third-order valence-electron chi connectivity index (χ3n) is 4.90. The Labute approximate surface area is 187 Å². The Morgan fingerprint density at radius 3 is 2.62 bits per heavy atom. The minimum absolute atomic E-state index is 0.0657. The quantitative estimate of drug-likeness (QED) is 0.284. The lowest BCUT2D eigenvalue weighted by molar-refractivity contribution is -0.146. The zero-order valence-corrected chi connectivity index (χ0v) is 19.4. The maximum absolute atomic E-state index is 11.6. The number of carbonyl (C=O) groups excluding carboxylic acids is 1. The van der Waals surface area contributed by atoms with Gasteiger partial charge in [-0.2, -0.15) is 5.10 Å². The van der Waals surface area contributed by atoms with Crippen LogP contribution >= 0.6 is 39.5 Å². The van der Waals surface area contributed by atoms with Crippen molar-refractivity contribution in [3.8, 4) is 16.2 Å². The molecule has 2 aromatic rings. The van der Waals surface area contributed by atoms with Crippen LogP contribution in [0.3, 0.4) is 0 Å². The first-order valence-corrected chi connectivity index (χ1v) is 11.2. The molecule has 154 valence electrons. The van der Waals surface area contributed by atoms with Gasteiger partial charge in [-0.3, -0.25) is 10.2 Å². The first-order chi connectivity index (χ1) is 13.9. The highest BCUT2D eigenvalue weighted by molar-refractivity contribution is 9.10. The van der Waals surface area contributed by atoms with Crippen molar-refractivity contribution >= 4 is 56.3 Å². The molecule has 0 bridgehead atoms. The number of ether oxygens (including phenoxy) is 1. The molecule has 29 heavy (non-hydrogen) atoms. The van der Waals surface area contributed by atoms with E-state index in [0.29, 0.717) is 42.3 Å². The molecule has 1 aliphatic heterocycles. The van der Waals surface area contributed by atoms with E-state index in [9.17, 15) is 9.90 Å². The second-order valence-corrected chi connectivity index (χ2v) is 8.91. The van der Waals surface area contributed by atoms with Crippen LogP contribution in [0.1, 0.15) is 25.3 Å². The molecule has 0 aliphatic carbocycles. The number of rotatable bonds is 4. The second kappa shape index (κ2) is 9.69. The van der Waals surface area contributed by atoms with Gasteiger partial charge in [-0.25, -0.2) is 0 Å². The molecule has 2 N–H and O–H groups in total. The number of thiocarbonyl (C=S) groups is 1.